The fourth-order valence-corrected chi connectivity index (χ4v) is 8.93. The van der Waals surface area contributed by atoms with E-state index in [9.17, 15) is 20.4 Å². The first-order valence-electron chi connectivity index (χ1n) is 12.7. The number of rotatable bonds is 15. The van der Waals surface area contributed by atoms with E-state index in [2.05, 4.69) is 18.2 Å². The van der Waals surface area contributed by atoms with Gasteiger partial charge in [0.05, 0.1) is 43.3 Å². The first-order chi connectivity index (χ1) is 19.7. The maximum atomic E-state index is 14.5. The molecule has 0 heterocycles. The van der Waals surface area contributed by atoms with Gasteiger partial charge in [0.2, 0.25) is 0 Å². The van der Waals surface area contributed by atoms with E-state index in [0.717, 1.165) is 28.1 Å². The van der Waals surface area contributed by atoms with Crippen molar-refractivity contribution in [2.24, 2.45) is 0 Å². The van der Waals surface area contributed by atoms with Crippen molar-refractivity contribution in [1.29, 1.82) is 15.8 Å². The largest absolute Gasteiger partial charge is 0.390 e. The minimum Gasteiger partial charge on any atom is -0.296 e. The van der Waals surface area contributed by atoms with Crippen molar-refractivity contribution in [3.05, 3.63) is 105 Å². The average molecular weight is 647 g/mol. The maximum Gasteiger partial charge on any atom is 0.390 e. The molecule has 0 saturated heterocycles. The van der Waals surface area contributed by atoms with Crippen molar-refractivity contribution >= 4 is 53.0 Å². The third-order valence-corrected chi connectivity index (χ3v) is 10.9. The van der Waals surface area contributed by atoms with Crippen molar-refractivity contribution in [1.82, 2.24) is 0 Å². The lowest BCUT2D eigenvalue weighted by molar-refractivity contribution is 0.127. The second-order valence-corrected chi connectivity index (χ2v) is 14.7. The standard InChI is InChI=1S/C30H27Cl3N3O3PS/c31-25-7-1-22(2-8-25)19-28(13-16-34)38-40(37,39-29(14-17-35)20-23-3-9-26(32)10-4-23)41-30(15-18-36)21-24-5-11-27(33)12-6-24/h1-12,28-30H,13-15,19-21H2/t28-,29-,30-/m1/s1. The Kier molecular flexibility index (Phi) is 13.5. The highest BCUT2D eigenvalue weighted by Gasteiger charge is 2.36. The maximum absolute atomic E-state index is 14.5. The molecule has 6 nitrogen and oxygen atoms in total. The molecule has 0 unspecified atom stereocenters. The molecule has 41 heavy (non-hydrogen) atoms. The summed E-state index contributed by atoms with van der Waals surface area (Å²) >= 11 is 19.0. The lowest BCUT2D eigenvalue weighted by atomic mass is 10.1. The van der Waals surface area contributed by atoms with Gasteiger partial charge in [-0.15, -0.1) is 0 Å². The van der Waals surface area contributed by atoms with Gasteiger partial charge < -0.3 is 0 Å². The Morgan fingerprint density at radius 1 is 0.610 bits per heavy atom. The second kappa shape index (κ2) is 16.8. The van der Waals surface area contributed by atoms with Crippen LogP contribution < -0.4 is 0 Å². The van der Waals surface area contributed by atoms with E-state index < -0.39 is 24.3 Å². The van der Waals surface area contributed by atoms with Gasteiger partial charge in [-0.25, -0.2) is 4.57 Å². The summed E-state index contributed by atoms with van der Waals surface area (Å²) in [4.78, 5) is 0. The topological polar surface area (TPSA) is 107 Å². The van der Waals surface area contributed by atoms with Crippen molar-refractivity contribution in [3.8, 4) is 18.2 Å². The fourth-order valence-electron chi connectivity index (χ4n) is 4.02. The van der Waals surface area contributed by atoms with Gasteiger partial charge in [0.1, 0.15) is 0 Å². The molecule has 0 aliphatic heterocycles. The van der Waals surface area contributed by atoms with E-state index in [4.69, 9.17) is 43.9 Å². The Morgan fingerprint density at radius 2 is 0.951 bits per heavy atom. The van der Waals surface area contributed by atoms with Crippen molar-refractivity contribution in [2.75, 3.05) is 0 Å². The van der Waals surface area contributed by atoms with E-state index in [-0.39, 0.29) is 19.3 Å². The Labute approximate surface area is 260 Å². The second-order valence-electron chi connectivity index (χ2n) is 9.21. The third kappa shape index (κ3) is 11.7. The molecular weight excluding hydrogens is 620 g/mol. The minimum absolute atomic E-state index is 0.0449. The van der Waals surface area contributed by atoms with Crippen LogP contribution in [0.3, 0.4) is 0 Å². The number of nitrogens with zero attached hydrogens (tertiary/aromatic N) is 3. The molecule has 0 N–H and O–H groups in total. The summed E-state index contributed by atoms with van der Waals surface area (Å²) in [5, 5.41) is 29.9. The quantitative estimate of drug-likeness (QED) is 0.151. The van der Waals surface area contributed by atoms with Crippen molar-refractivity contribution in [2.45, 2.75) is 56.0 Å². The van der Waals surface area contributed by atoms with Crippen molar-refractivity contribution in [3.63, 3.8) is 0 Å². The predicted molar refractivity (Wildman–Crippen MR) is 165 cm³/mol. The lowest BCUT2D eigenvalue weighted by Gasteiger charge is -2.28. The zero-order chi connectivity index (χ0) is 29.7. The molecule has 0 saturated carbocycles. The molecule has 0 amide bonds. The van der Waals surface area contributed by atoms with Crippen LogP contribution in [0.4, 0.5) is 0 Å². The zero-order valence-corrected chi connectivity index (χ0v) is 25.9. The average Bonchev–Trinajstić information content (AvgIpc) is 2.93. The molecule has 0 radical (unpaired) electrons. The van der Waals surface area contributed by atoms with Gasteiger partial charge in [-0.05, 0) is 70.9 Å². The highest BCUT2D eigenvalue weighted by Crippen LogP contribution is 2.65. The van der Waals surface area contributed by atoms with Gasteiger partial charge in [-0.1, -0.05) is 71.2 Å². The van der Waals surface area contributed by atoms with E-state index in [1.807, 2.05) is 36.4 Å². The van der Waals surface area contributed by atoms with Gasteiger partial charge in [-0.2, -0.15) is 15.8 Å². The van der Waals surface area contributed by atoms with E-state index >= 15 is 0 Å². The highest BCUT2D eigenvalue weighted by molar-refractivity contribution is 8.55. The number of hydrogen-bond acceptors (Lipinski definition) is 7. The Hall–Kier alpha value is -2.50. The summed E-state index contributed by atoms with van der Waals surface area (Å²) in [6, 6.07) is 27.7. The van der Waals surface area contributed by atoms with Gasteiger partial charge in [0.25, 0.3) is 0 Å². The molecular formula is C30H27Cl3N3O3PS. The van der Waals surface area contributed by atoms with E-state index in [0.29, 0.717) is 34.3 Å². The molecule has 0 spiro atoms. The van der Waals surface area contributed by atoms with Gasteiger partial charge in [0, 0.05) is 39.6 Å². The van der Waals surface area contributed by atoms with Gasteiger partial charge in [0.15, 0.2) is 0 Å². The highest BCUT2D eigenvalue weighted by atomic mass is 35.5. The third-order valence-electron chi connectivity index (χ3n) is 5.92. The Bertz CT molecular complexity index is 1260. The van der Waals surface area contributed by atoms with Gasteiger partial charge in [-0.3, -0.25) is 9.05 Å². The van der Waals surface area contributed by atoms with Crippen LogP contribution in [-0.4, -0.2) is 17.5 Å². The number of hydrogen-bond donors (Lipinski definition) is 0. The van der Waals surface area contributed by atoms with Crippen LogP contribution in [0, 0.1) is 34.0 Å². The molecule has 0 aliphatic rings. The monoisotopic (exact) mass is 645 g/mol. The number of halogens is 3. The first-order valence-corrected chi connectivity index (χ1v) is 16.9. The normalized spacial score (nSPS) is 13.4. The van der Waals surface area contributed by atoms with Crippen LogP contribution in [0.1, 0.15) is 36.0 Å². The van der Waals surface area contributed by atoms with Crippen LogP contribution in [-0.2, 0) is 32.9 Å². The summed E-state index contributed by atoms with van der Waals surface area (Å²) in [7, 11) is 0. The van der Waals surface area contributed by atoms with Gasteiger partial charge >= 0.3 is 6.80 Å². The van der Waals surface area contributed by atoms with Crippen LogP contribution in [0.5, 0.6) is 0 Å². The molecule has 3 atom stereocenters. The van der Waals surface area contributed by atoms with E-state index in [1.54, 1.807) is 36.4 Å². The molecule has 3 aromatic rings. The molecule has 3 rings (SSSR count). The molecule has 212 valence electrons. The smallest absolute Gasteiger partial charge is 0.296 e. The Morgan fingerprint density at radius 3 is 1.29 bits per heavy atom. The summed E-state index contributed by atoms with van der Waals surface area (Å²) in [5.74, 6) is 0. The molecule has 0 aliphatic carbocycles. The zero-order valence-electron chi connectivity index (χ0n) is 22.0. The first kappa shape index (κ1) is 33.0. The molecule has 0 aromatic heterocycles. The Balaban J connectivity index is 1.91. The molecule has 0 bridgehead atoms. The van der Waals surface area contributed by atoms with Crippen LogP contribution >= 0.6 is 53.0 Å². The predicted octanol–water partition coefficient (Wildman–Crippen LogP) is 9.40. The lowest BCUT2D eigenvalue weighted by Crippen LogP contribution is -2.20. The SMILES string of the molecule is N#CC[C@H](Cc1ccc(Cl)cc1)OP(=O)(O[C@H](CC#N)Cc1ccc(Cl)cc1)S[C@H](CC#N)Cc1ccc(Cl)cc1. The van der Waals surface area contributed by atoms with Crippen LogP contribution in [0.15, 0.2) is 72.8 Å². The number of nitriles is 3. The summed E-state index contributed by atoms with van der Waals surface area (Å²) in [5.41, 5.74) is 2.59. The minimum atomic E-state index is -4.03. The molecule has 11 heteroatoms. The van der Waals surface area contributed by atoms with Crippen molar-refractivity contribution < 1.29 is 13.6 Å². The van der Waals surface area contributed by atoms with Crippen LogP contribution in [0.2, 0.25) is 15.1 Å². The van der Waals surface area contributed by atoms with Crippen LogP contribution in [0.25, 0.3) is 0 Å². The van der Waals surface area contributed by atoms with E-state index in [1.165, 1.54) is 0 Å². The summed E-state index contributed by atoms with van der Waals surface area (Å²) < 4.78 is 26.8. The summed E-state index contributed by atoms with van der Waals surface area (Å²) in [6.45, 7) is -4.03. The molecule has 0 fully saturated rings. The summed E-state index contributed by atoms with van der Waals surface area (Å²) in [6.07, 6.45) is -0.561. The number of benzene rings is 3. The molecule has 3 aromatic carbocycles. The fraction of sp³-hybridized carbons (Fsp3) is 0.300.